The van der Waals surface area contributed by atoms with E-state index in [0.29, 0.717) is 6.08 Å². The van der Waals surface area contributed by atoms with Crippen LogP contribution in [0.4, 0.5) is 0 Å². The Morgan fingerprint density at radius 3 is 2.43 bits per heavy atom. The van der Waals surface area contributed by atoms with E-state index in [0.717, 1.165) is 6.08 Å². The SMILES string of the molecule is CC(O)(CO)CNC(=O)C=CC(=O)O. The summed E-state index contributed by atoms with van der Waals surface area (Å²) in [5.74, 6) is -1.87. The summed E-state index contributed by atoms with van der Waals surface area (Å²) in [6.07, 6.45) is 1.51. The van der Waals surface area contributed by atoms with E-state index in [2.05, 4.69) is 5.32 Å². The van der Waals surface area contributed by atoms with Gasteiger partial charge in [-0.25, -0.2) is 4.79 Å². The Labute approximate surface area is 80.9 Å². The molecule has 14 heavy (non-hydrogen) atoms. The molecular weight excluding hydrogens is 190 g/mol. The number of carbonyl (C=O) groups excluding carboxylic acids is 1. The average molecular weight is 203 g/mol. The summed E-state index contributed by atoms with van der Waals surface area (Å²) in [5, 5.41) is 28.3. The van der Waals surface area contributed by atoms with Crippen LogP contribution in [0.2, 0.25) is 0 Å². The average Bonchev–Trinajstić information content (AvgIpc) is 2.11. The molecule has 0 radical (unpaired) electrons. The second-order valence-corrected chi connectivity index (χ2v) is 3.04. The van der Waals surface area contributed by atoms with Gasteiger partial charge in [0, 0.05) is 18.7 Å². The van der Waals surface area contributed by atoms with Crippen LogP contribution in [-0.4, -0.2) is 45.9 Å². The van der Waals surface area contributed by atoms with Crippen LogP contribution in [-0.2, 0) is 9.59 Å². The lowest BCUT2D eigenvalue weighted by Gasteiger charge is -2.19. The number of nitrogens with one attached hydrogen (secondary N) is 1. The van der Waals surface area contributed by atoms with E-state index in [1.54, 1.807) is 0 Å². The molecule has 0 heterocycles. The molecule has 1 unspecified atom stereocenters. The van der Waals surface area contributed by atoms with E-state index < -0.39 is 24.1 Å². The molecule has 0 aromatic rings. The second kappa shape index (κ2) is 5.36. The Morgan fingerprint density at radius 1 is 1.43 bits per heavy atom. The zero-order valence-corrected chi connectivity index (χ0v) is 7.73. The van der Waals surface area contributed by atoms with Crippen LogP contribution in [0.1, 0.15) is 6.92 Å². The number of aliphatic carboxylic acids is 1. The molecule has 0 fully saturated rings. The normalized spacial score (nSPS) is 15.1. The summed E-state index contributed by atoms with van der Waals surface area (Å²) in [7, 11) is 0. The molecule has 0 saturated carbocycles. The first-order valence-electron chi connectivity index (χ1n) is 3.89. The third-order valence-corrected chi connectivity index (χ3v) is 1.36. The van der Waals surface area contributed by atoms with E-state index in [9.17, 15) is 14.7 Å². The number of aliphatic hydroxyl groups excluding tert-OH is 1. The molecule has 1 atom stereocenters. The van der Waals surface area contributed by atoms with Crippen molar-refractivity contribution in [3.05, 3.63) is 12.2 Å². The highest BCUT2D eigenvalue weighted by molar-refractivity contribution is 5.93. The standard InChI is InChI=1S/C8H13NO5/c1-8(14,5-10)4-9-6(11)2-3-7(12)13/h2-3,10,14H,4-5H2,1H3,(H,9,11)(H,12,13). The Bertz CT molecular complexity index is 246. The number of rotatable bonds is 5. The maximum atomic E-state index is 10.9. The van der Waals surface area contributed by atoms with E-state index in [1.165, 1.54) is 6.92 Å². The van der Waals surface area contributed by atoms with Gasteiger partial charge in [-0.15, -0.1) is 0 Å². The first-order chi connectivity index (χ1) is 6.37. The molecule has 0 aromatic heterocycles. The lowest BCUT2D eigenvalue weighted by Crippen LogP contribution is -2.42. The van der Waals surface area contributed by atoms with Crippen molar-refractivity contribution in [2.45, 2.75) is 12.5 Å². The summed E-state index contributed by atoms with van der Waals surface area (Å²) < 4.78 is 0. The van der Waals surface area contributed by atoms with E-state index >= 15 is 0 Å². The minimum Gasteiger partial charge on any atom is -0.478 e. The largest absolute Gasteiger partial charge is 0.478 e. The van der Waals surface area contributed by atoms with Crippen molar-refractivity contribution in [3.63, 3.8) is 0 Å². The number of hydrogen-bond acceptors (Lipinski definition) is 4. The van der Waals surface area contributed by atoms with Gasteiger partial charge in [0.1, 0.15) is 5.60 Å². The Balaban J connectivity index is 3.92. The second-order valence-electron chi connectivity index (χ2n) is 3.04. The number of aliphatic hydroxyl groups is 2. The molecule has 6 nitrogen and oxygen atoms in total. The zero-order valence-electron chi connectivity index (χ0n) is 7.73. The summed E-state index contributed by atoms with van der Waals surface area (Å²) in [6, 6.07) is 0. The zero-order chi connectivity index (χ0) is 11.2. The summed E-state index contributed by atoms with van der Waals surface area (Å²) in [6.45, 7) is 0.705. The molecule has 0 aliphatic rings. The van der Waals surface area contributed by atoms with Crippen LogP contribution >= 0.6 is 0 Å². The van der Waals surface area contributed by atoms with Crippen molar-refractivity contribution in [1.29, 1.82) is 0 Å². The molecule has 0 aromatic carbocycles. The topological polar surface area (TPSA) is 107 Å². The van der Waals surface area contributed by atoms with Crippen molar-refractivity contribution in [1.82, 2.24) is 5.32 Å². The summed E-state index contributed by atoms with van der Waals surface area (Å²) in [5.41, 5.74) is -1.40. The van der Waals surface area contributed by atoms with Crippen LogP contribution < -0.4 is 5.32 Å². The van der Waals surface area contributed by atoms with Gasteiger partial charge in [0.25, 0.3) is 0 Å². The van der Waals surface area contributed by atoms with Crippen LogP contribution in [0.3, 0.4) is 0 Å². The summed E-state index contributed by atoms with van der Waals surface area (Å²) in [4.78, 5) is 20.9. The maximum Gasteiger partial charge on any atom is 0.328 e. The van der Waals surface area contributed by atoms with Crippen LogP contribution in [0, 0.1) is 0 Å². The van der Waals surface area contributed by atoms with Crippen LogP contribution in [0.5, 0.6) is 0 Å². The van der Waals surface area contributed by atoms with E-state index in [4.69, 9.17) is 10.2 Å². The Kier molecular flexibility index (Phi) is 4.82. The molecule has 0 rings (SSSR count). The van der Waals surface area contributed by atoms with Gasteiger partial charge in [-0.05, 0) is 6.92 Å². The number of carboxylic acid groups (broad SMARTS) is 1. The lowest BCUT2D eigenvalue weighted by molar-refractivity contribution is -0.131. The van der Waals surface area contributed by atoms with Gasteiger partial charge < -0.3 is 20.6 Å². The number of carbonyl (C=O) groups is 2. The van der Waals surface area contributed by atoms with Gasteiger partial charge in [-0.3, -0.25) is 4.79 Å². The van der Waals surface area contributed by atoms with Crippen molar-refractivity contribution in [2.75, 3.05) is 13.2 Å². The Hall–Kier alpha value is -1.40. The quantitative estimate of drug-likeness (QED) is 0.406. The van der Waals surface area contributed by atoms with Gasteiger partial charge in [0.2, 0.25) is 5.91 Å². The molecule has 1 amide bonds. The number of carboxylic acids is 1. The number of amides is 1. The van der Waals surface area contributed by atoms with E-state index in [-0.39, 0.29) is 6.54 Å². The van der Waals surface area contributed by atoms with Gasteiger partial charge in [-0.1, -0.05) is 0 Å². The first kappa shape index (κ1) is 12.6. The monoisotopic (exact) mass is 203 g/mol. The molecule has 0 aliphatic carbocycles. The smallest absolute Gasteiger partial charge is 0.328 e. The minimum absolute atomic E-state index is 0.147. The molecule has 80 valence electrons. The highest BCUT2D eigenvalue weighted by Crippen LogP contribution is 1.97. The minimum atomic E-state index is -1.40. The molecular formula is C8H13NO5. The molecule has 0 spiro atoms. The van der Waals surface area contributed by atoms with Crippen molar-refractivity contribution >= 4 is 11.9 Å². The lowest BCUT2D eigenvalue weighted by atomic mass is 10.1. The predicted molar refractivity (Wildman–Crippen MR) is 47.5 cm³/mol. The highest BCUT2D eigenvalue weighted by atomic mass is 16.4. The molecule has 6 heteroatoms. The third kappa shape index (κ3) is 6.15. The number of hydrogen-bond donors (Lipinski definition) is 4. The fourth-order valence-electron chi connectivity index (χ4n) is 0.539. The molecule has 0 aliphatic heterocycles. The Morgan fingerprint density at radius 2 is 2.00 bits per heavy atom. The maximum absolute atomic E-state index is 10.9. The molecule has 0 bridgehead atoms. The van der Waals surface area contributed by atoms with Crippen LogP contribution in [0.25, 0.3) is 0 Å². The van der Waals surface area contributed by atoms with Gasteiger partial charge >= 0.3 is 5.97 Å². The van der Waals surface area contributed by atoms with Crippen LogP contribution in [0.15, 0.2) is 12.2 Å². The fourth-order valence-corrected chi connectivity index (χ4v) is 0.539. The first-order valence-corrected chi connectivity index (χ1v) is 3.89. The van der Waals surface area contributed by atoms with Gasteiger partial charge in [0.05, 0.1) is 6.61 Å². The van der Waals surface area contributed by atoms with Crippen molar-refractivity contribution in [3.8, 4) is 0 Å². The fraction of sp³-hybridized carbons (Fsp3) is 0.500. The van der Waals surface area contributed by atoms with Crippen molar-refractivity contribution in [2.24, 2.45) is 0 Å². The van der Waals surface area contributed by atoms with Gasteiger partial charge in [0.15, 0.2) is 0 Å². The predicted octanol–water partition coefficient (Wildman–Crippen LogP) is -1.51. The van der Waals surface area contributed by atoms with Crippen molar-refractivity contribution < 1.29 is 24.9 Å². The third-order valence-electron chi connectivity index (χ3n) is 1.36. The highest BCUT2D eigenvalue weighted by Gasteiger charge is 2.18. The molecule has 4 N–H and O–H groups in total. The summed E-state index contributed by atoms with van der Waals surface area (Å²) >= 11 is 0. The van der Waals surface area contributed by atoms with Gasteiger partial charge in [-0.2, -0.15) is 0 Å². The van der Waals surface area contributed by atoms with E-state index in [1.807, 2.05) is 0 Å². The molecule has 0 saturated heterocycles.